The highest BCUT2D eigenvalue weighted by Crippen LogP contribution is 2.31. The minimum atomic E-state index is -0.183. The zero-order chi connectivity index (χ0) is 18.3. The number of amides is 1. The van der Waals surface area contributed by atoms with Crippen molar-refractivity contribution in [3.05, 3.63) is 23.8 Å². The van der Waals surface area contributed by atoms with E-state index in [1.54, 1.807) is 12.0 Å². The van der Waals surface area contributed by atoms with Crippen LogP contribution in [0.5, 0.6) is 0 Å². The number of aryl methyl sites for hydroxylation is 1. The number of anilines is 1. The smallest absolute Gasteiger partial charge is 0.311 e. The quantitative estimate of drug-likeness (QED) is 0.631. The number of cyclic esters (lactones) is 1. The summed E-state index contributed by atoms with van der Waals surface area (Å²) in [6.45, 7) is 2.67. The summed E-state index contributed by atoms with van der Waals surface area (Å²) in [6.07, 6.45) is 0. The van der Waals surface area contributed by atoms with Crippen molar-refractivity contribution in [1.82, 2.24) is 14.5 Å². The number of methoxy groups -OCH3 is 1. The highest BCUT2D eigenvalue weighted by molar-refractivity contribution is 5.98. The largest absolute Gasteiger partial charge is 0.465 e. The van der Waals surface area contributed by atoms with E-state index in [9.17, 15) is 9.59 Å². The molecule has 1 amide bonds. The third kappa shape index (κ3) is 2.80. The van der Waals surface area contributed by atoms with E-state index >= 15 is 0 Å². The number of carbonyl (C=O) groups is 2. The fraction of sp³-hybridized carbons (Fsp3) is 0.500. The lowest BCUT2D eigenvalue weighted by Crippen LogP contribution is -2.30. The monoisotopic (exact) mass is 358 g/mol. The molecule has 1 aromatic carbocycles. The molecule has 2 aliphatic rings. The Morgan fingerprint density at radius 2 is 2.27 bits per heavy atom. The molecular formula is C18H22N4O4. The lowest BCUT2D eigenvalue weighted by molar-refractivity contribution is -0.141. The first-order valence-electron chi connectivity index (χ1n) is 8.73. The predicted octanol–water partition coefficient (Wildman–Crippen LogP) is 0.877. The number of rotatable bonds is 5. The molecule has 4 rings (SSSR count). The second kappa shape index (κ2) is 6.60. The number of benzene rings is 1. The Labute approximate surface area is 151 Å². The van der Waals surface area contributed by atoms with E-state index < -0.39 is 0 Å². The number of esters is 1. The van der Waals surface area contributed by atoms with Crippen LogP contribution in [0.2, 0.25) is 0 Å². The molecule has 0 spiro atoms. The number of hydrogen-bond donors (Lipinski definition) is 1. The molecule has 2 aromatic rings. The van der Waals surface area contributed by atoms with Gasteiger partial charge in [-0.2, -0.15) is 0 Å². The summed E-state index contributed by atoms with van der Waals surface area (Å²) in [7, 11) is 3.58. The first-order chi connectivity index (χ1) is 12.6. The summed E-state index contributed by atoms with van der Waals surface area (Å²) < 4.78 is 12.1. The molecular weight excluding hydrogens is 336 g/mol. The topological polar surface area (TPSA) is 85.7 Å². The Balaban J connectivity index is 1.53. The fourth-order valence-electron chi connectivity index (χ4n) is 3.71. The van der Waals surface area contributed by atoms with Crippen LogP contribution in [0, 0.1) is 11.8 Å². The van der Waals surface area contributed by atoms with Gasteiger partial charge in [0.2, 0.25) is 5.95 Å². The zero-order valence-corrected chi connectivity index (χ0v) is 14.9. The van der Waals surface area contributed by atoms with Crippen LogP contribution in [-0.4, -0.2) is 66.3 Å². The minimum Gasteiger partial charge on any atom is -0.465 e. The van der Waals surface area contributed by atoms with Crippen molar-refractivity contribution >= 4 is 28.9 Å². The highest BCUT2D eigenvalue weighted by Gasteiger charge is 2.45. The van der Waals surface area contributed by atoms with Gasteiger partial charge in [0.25, 0.3) is 5.91 Å². The van der Waals surface area contributed by atoms with Crippen LogP contribution in [-0.2, 0) is 21.3 Å². The molecule has 8 nitrogen and oxygen atoms in total. The van der Waals surface area contributed by atoms with Crippen molar-refractivity contribution in [2.24, 2.45) is 18.9 Å². The van der Waals surface area contributed by atoms with Crippen LogP contribution < -0.4 is 5.32 Å². The van der Waals surface area contributed by atoms with Gasteiger partial charge in [0, 0.05) is 45.3 Å². The lowest BCUT2D eigenvalue weighted by atomic mass is 10.0. The van der Waals surface area contributed by atoms with E-state index in [1.165, 1.54) is 0 Å². The van der Waals surface area contributed by atoms with E-state index in [2.05, 4.69) is 10.3 Å². The van der Waals surface area contributed by atoms with Gasteiger partial charge in [0.15, 0.2) is 0 Å². The maximum absolute atomic E-state index is 12.8. The van der Waals surface area contributed by atoms with E-state index in [-0.39, 0.29) is 23.7 Å². The molecule has 0 bridgehead atoms. The van der Waals surface area contributed by atoms with Crippen LogP contribution >= 0.6 is 0 Å². The fourth-order valence-corrected chi connectivity index (χ4v) is 3.71. The Kier molecular flexibility index (Phi) is 4.28. The molecule has 0 unspecified atom stereocenters. The molecule has 2 atom stereocenters. The van der Waals surface area contributed by atoms with E-state index in [0.29, 0.717) is 38.4 Å². The number of fused-ring (bicyclic) bond motifs is 2. The molecule has 1 N–H and O–H groups in total. The Bertz CT molecular complexity index is 862. The van der Waals surface area contributed by atoms with Gasteiger partial charge in [0.05, 0.1) is 30.2 Å². The van der Waals surface area contributed by atoms with E-state index in [1.807, 2.05) is 29.8 Å². The number of hydrogen-bond acceptors (Lipinski definition) is 6. The number of carbonyl (C=O) groups excluding carboxylic acids is 2. The van der Waals surface area contributed by atoms with Gasteiger partial charge >= 0.3 is 5.97 Å². The van der Waals surface area contributed by atoms with Crippen molar-refractivity contribution in [3.8, 4) is 0 Å². The van der Waals surface area contributed by atoms with E-state index in [0.717, 1.165) is 17.0 Å². The molecule has 2 saturated heterocycles. The molecule has 8 heteroatoms. The van der Waals surface area contributed by atoms with Gasteiger partial charge in [0.1, 0.15) is 0 Å². The van der Waals surface area contributed by atoms with Crippen LogP contribution in [0.3, 0.4) is 0 Å². The molecule has 3 heterocycles. The molecule has 2 aliphatic heterocycles. The predicted molar refractivity (Wildman–Crippen MR) is 94.9 cm³/mol. The number of imidazole rings is 1. The Hall–Kier alpha value is -2.61. The van der Waals surface area contributed by atoms with Crippen molar-refractivity contribution in [1.29, 1.82) is 0 Å². The first kappa shape index (κ1) is 16.8. The van der Waals surface area contributed by atoms with Crippen molar-refractivity contribution in [2.75, 3.05) is 45.3 Å². The normalized spacial score (nSPS) is 21.9. The molecule has 0 aliphatic carbocycles. The molecule has 0 radical (unpaired) electrons. The number of likely N-dealkylation sites (tertiary alicyclic amines) is 1. The van der Waals surface area contributed by atoms with Gasteiger partial charge in [-0.1, -0.05) is 0 Å². The molecule has 0 saturated carbocycles. The van der Waals surface area contributed by atoms with Crippen LogP contribution in [0.1, 0.15) is 10.4 Å². The number of nitrogens with zero attached hydrogens (tertiary/aromatic N) is 3. The average molecular weight is 358 g/mol. The molecule has 2 fully saturated rings. The second-order valence-electron chi connectivity index (χ2n) is 6.82. The first-order valence-corrected chi connectivity index (χ1v) is 8.73. The third-order valence-corrected chi connectivity index (χ3v) is 5.19. The summed E-state index contributed by atoms with van der Waals surface area (Å²) >= 11 is 0. The summed E-state index contributed by atoms with van der Waals surface area (Å²) in [4.78, 5) is 30.9. The minimum absolute atomic E-state index is 0.0614. The van der Waals surface area contributed by atoms with Crippen molar-refractivity contribution < 1.29 is 19.1 Å². The molecule has 1 aromatic heterocycles. The SMILES string of the molecule is COCCNc1nc2cc(C(=O)N3C[C@@H]4COC(=O)[C@@H]4C3)ccc2n1C. The summed E-state index contributed by atoms with van der Waals surface area (Å²) in [5, 5.41) is 3.22. The average Bonchev–Trinajstić information content (AvgIpc) is 3.30. The van der Waals surface area contributed by atoms with Gasteiger partial charge in [-0.15, -0.1) is 0 Å². The Morgan fingerprint density at radius 3 is 3.04 bits per heavy atom. The van der Waals surface area contributed by atoms with Crippen molar-refractivity contribution in [3.63, 3.8) is 0 Å². The number of ether oxygens (including phenoxy) is 2. The van der Waals surface area contributed by atoms with Crippen LogP contribution in [0.4, 0.5) is 5.95 Å². The van der Waals surface area contributed by atoms with Crippen LogP contribution in [0.25, 0.3) is 11.0 Å². The van der Waals surface area contributed by atoms with Crippen LogP contribution in [0.15, 0.2) is 18.2 Å². The zero-order valence-electron chi connectivity index (χ0n) is 14.9. The maximum atomic E-state index is 12.8. The Morgan fingerprint density at radius 1 is 1.42 bits per heavy atom. The van der Waals surface area contributed by atoms with Gasteiger partial charge < -0.3 is 24.3 Å². The number of nitrogens with one attached hydrogen (secondary N) is 1. The number of aromatic nitrogens is 2. The van der Waals surface area contributed by atoms with Crippen molar-refractivity contribution in [2.45, 2.75) is 0 Å². The summed E-state index contributed by atoms with van der Waals surface area (Å²) in [5.74, 6) is 0.446. The maximum Gasteiger partial charge on any atom is 0.311 e. The summed E-state index contributed by atoms with van der Waals surface area (Å²) in [5.41, 5.74) is 2.30. The van der Waals surface area contributed by atoms with E-state index in [4.69, 9.17) is 9.47 Å². The van der Waals surface area contributed by atoms with Gasteiger partial charge in [-0.3, -0.25) is 9.59 Å². The highest BCUT2D eigenvalue weighted by atomic mass is 16.5. The van der Waals surface area contributed by atoms with Gasteiger partial charge in [-0.25, -0.2) is 4.98 Å². The lowest BCUT2D eigenvalue weighted by Gasteiger charge is -2.17. The van der Waals surface area contributed by atoms with Gasteiger partial charge in [-0.05, 0) is 18.2 Å². The molecule has 26 heavy (non-hydrogen) atoms. The second-order valence-corrected chi connectivity index (χ2v) is 6.82. The standard InChI is InChI=1S/C18H22N4O4/c1-21-15-4-3-11(7-14(15)20-18(21)19-5-6-25-2)16(23)22-8-12-10-26-17(24)13(12)9-22/h3-4,7,12-13H,5-6,8-10H2,1-2H3,(H,19,20)/t12-,13-/m1/s1. The third-order valence-electron chi connectivity index (χ3n) is 5.19. The summed E-state index contributed by atoms with van der Waals surface area (Å²) in [6, 6.07) is 5.53. The molecule has 138 valence electrons.